The molecular weight excluding hydrogens is 374 g/mol. The molecule has 0 radical (unpaired) electrons. The molecule has 2 heterocycles. The van der Waals surface area contributed by atoms with Crippen molar-refractivity contribution in [2.24, 2.45) is 0 Å². The number of nitrogens with zero attached hydrogens (tertiary/aromatic N) is 2. The lowest BCUT2D eigenvalue weighted by Crippen LogP contribution is -2.42. The third-order valence-electron chi connectivity index (χ3n) is 4.89. The van der Waals surface area contributed by atoms with Crippen LogP contribution >= 0.6 is 0 Å². The maximum atomic E-state index is 12.9. The molecule has 0 spiro atoms. The van der Waals surface area contributed by atoms with Crippen molar-refractivity contribution < 1.29 is 19.1 Å². The van der Waals surface area contributed by atoms with E-state index in [1.54, 1.807) is 44.4 Å². The molecule has 9 nitrogen and oxygen atoms in total. The predicted octanol–water partition coefficient (Wildman–Crippen LogP) is 1.98. The van der Waals surface area contributed by atoms with Crippen molar-refractivity contribution in [3.8, 4) is 5.75 Å². The number of fused-ring (bicyclic) bond motifs is 1. The number of nitrogens with one attached hydrogen (secondary N) is 3. The molecule has 1 aliphatic rings. The number of rotatable bonds is 5. The van der Waals surface area contributed by atoms with Crippen LogP contribution in [0.2, 0.25) is 0 Å². The molecule has 148 valence electrons. The summed E-state index contributed by atoms with van der Waals surface area (Å²) in [5.41, 5.74) is 0.801. The molecule has 3 aromatic rings. The normalized spacial score (nSPS) is 18.8. The number of aromatic amines is 1. The standard InChI is InChI=1S/C20H19N5O4/c1-20(12-7-9-13(29-2)10-8-12)17(27)25(19(28)24-20)11-16(26)23-18-21-14-5-3-4-6-15(14)22-18/h3-10H,11H2,1-2H3,(H,24,28)(H2,21,22,23,26). The number of imidazole rings is 1. The van der Waals surface area contributed by atoms with Crippen LogP contribution in [0.5, 0.6) is 5.75 Å². The number of carbonyl (C=O) groups is 3. The van der Waals surface area contributed by atoms with E-state index in [0.29, 0.717) is 16.8 Å². The Hall–Kier alpha value is -3.88. The Balaban J connectivity index is 1.48. The summed E-state index contributed by atoms with van der Waals surface area (Å²) in [5.74, 6) is -0.156. The zero-order valence-corrected chi connectivity index (χ0v) is 15.9. The topological polar surface area (TPSA) is 116 Å². The second kappa shape index (κ2) is 6.93. The van der Waals surface area contributed by atoms with Gasteiger partial charge in [0.15, 0.2) is 0 Å². The fourth-order valence-corrected chi connectivity index (χ4v) is 3.29. The quantitative estimate of drug-likeness (QED) is 0.573. The minimum absolute atomic E-state index is 0.251. The minimum Gasteiger partial charge on any atom is -0.497 e. The van der Waals surface area contributed by atoms with E-state index in [1.807, 2.05) is 18.2 Å². The molecule has 2 aromatic carbocycles. The summed E-state index contributed by atoms with van der Waals surface area (Å²) in [6.07, 6.45) is 0. The van der Waals surface area contributed by atoms with Crippen molar-refractivity contribution >= 4 is 34.8 Å². The smallest absolute Gasteiger partial charge is 0.325 e. The number of aromatic nitrogens is 2. The average molecular weight is 393 g/mol. The molecular formula is C20H19N5O4. The molecule has 29 heavy (non-hydrogen) atoms. The van der Waals surface area contributed by atoms with Crippen molar-refractivity contribution in [2.75, 3.05) is 19.0 Å². The van der Waals surface area contributed by atoms with Gasteiger partial charge in [-0.3, -0.25) is 19.8 Å². The fraction of sp³-hybridized carbons (Fsp3) is 0.200. The van der Waals surface area contributed by atoms with Gasteiger partial charge < -0.3 is 15.0 Å². The van der Waals surface area contributed by atoms with Gasteiger partial charge in [0.25, 0.3) is 5.91 Å². The molecule has 0 saturated carbocycles. The third-order valence-corrected chi connectivity index (χ3v) is 4.89. The lowest BCUT2D eigenvalue weighted by Gasteiger charge is -2.22. The summed E-state index contributed by atoms with van der Waals surface area (Å²) in [6.45, 7) is 1.18. The van der Waals surface area contributed by atoms with Crippen molar-refractivity contribution in [1.29, 1.82) is 0 Å². The largest absolute Gasteiger partial charge is 0.497 e. The van der Waals surface area contributed by atoms with Crippen molar-refractivity contribution in [1.82, 2.24) is 20.2 Å². The number of methoxy groups -OCH3 is 1. The van der Waals surface area contributed by atoms with E-state index in [0.717, 1.165) is 10.4 Å². The Labute approximate surface area is 166 Å². The zero-order chi connectivity index (χ0) is 20.6. The monoisotopic (exact) mass is 393 g/mol. The molecule has 0 aliphatic carbocycles. The van der Waals surface area contributed by atoms with E-state index in [1.165, 1.54) is 0 Å². The van der Waals surface area contributed by atoms with E-state index in [9.17, 15) is 14.4 Å². The second-order valence-electron chi connectivity index (χ2n) is 6.83. The van der Waals surface area contributed by atoms with Gasteiger partial charge in [-0.05, 0) is 36.8 Å². The highest BCUT2D eigenvalue weighted by molar-refractivity contribution is 6.10. The van der Waals surface area contributed by atoms with Crippen LogP contribution in [0, 0.1) is 0 Å². The maximum Gasteiger partial charge on any atom is 0.325 e. The molecule has 0 bridgehead atoms. The molecule has 1 atom stereocenters. The Morgan fingerprint density at radius 3 is 2.59 bits per heavy atom. The number of benzene rings is 2. The van der Waals surface area contributed by atoms with Crippen LogP contribution in [-0.4, -0.2) is 46.4 Å². The van der Waals surface area contributed by atoms with Crippen LogP contribution in [0.4, 0.5) is 10.7 Å². The predicted molar refractivity (Wildman–Crippen MR) is 105 cm³/mol. The van der Waals surface area contributed by atoms with Crippen molar-refractivity contribution in [3.63, 3.8) is 0 Å². The van der Waals surface area contributed by atoms with Gasteiger partial charge in [0, 0.05) is 0 Å². The molecule has 1 saturated heterocycles. The molecule has 4 rings (SSSR count). The molecule has 9 heteroatoms. The van der Waals surface area contributed by atoms with E-state index in [2.05, 4.69) is 20.6 Å². The highest BCUT2D eigenvalue weighted by Crippen LogP contribution is 2.30. The number of carbonyl (C=O) groups excluding carboxylic acids is 3. The second-order valence-corrected chi connectivity index (χ2v) is 6.83. The van der Waals surface area contributed by atoms with Crippen LogP contribution in [0.15, 0.2) is 48.5 Å². The molecule has 4 amide bonds. The summed E-state index contributed by atoms with van der Waals surface area (Å²) in [7, 11) is 1.54. The van der Waals surface area contributed by atoms with E-state index < -0.39 is 29.9 Å². The van der Waals surface area contributed by atoms with Crippen LogP contribution in [-0.2, 0) is 15.1 Å². The van der Waals surface area contributed by atoms with Gasteiger partial charge in [-0.1, -0.05) is 24.3 Å². The number of hydrogen-bond donors (Lipinski definition) is 3. The van der Waals surface area contributed by atoms with Crippen LogP contribution < -0.4 is 15.4 Å². The molecule has 1 fully saturated rings. The SMILES string of the molecule is COc1ccc(C2(C)NC(=O)N(CC(=O)Nc3nc4ccccc4[nH]3)C2=O)cc1. The summed E-state index contributed by atoms with van der Waals surface area (Å²) in [5, 5.41) is 5.25. The van der Waals surface area contributed by atoms with E-state index in [4.69, 9.17) is 4.74 Å². The molecule has 1 aromatic heterocycles. The van der Waals surface area contributed by atoms with Gasteiger partial charge in [-0.25, -0.2) is 9.78 Å². The molecule has 1 aliphatic heterocycles. The number of ether oxygens (including phenoxy) is 1. The summed E-state index contributed by atoms with van der Waals surface area (Å²) >= 11 is 0. The minimum atomic E-state index is -1.26. The first-order valence-corrected chi connectivity index (χ1v) is 8.94. The number of H-pyrrole nitrogens is 1. The fourth-order valence-electron chi connectivity index (χ4n) is 3.29. The van der Waals surface area contributed by atoms with Crippen LogP contribution in [0.1, 0.15) is 12.5 Å². The highest BCUT2D eigenvalue weighted by Gasteiger charge is 2.49. The van der Waals surface area contributed by atoms with Crippen molar-refractivity contribution in [2.45, 2.75) is 12.5 Å². The van der Waals surface area contributed by atoms with Gasteiger partial charge >= 0.3 is 6.03 Å². The Morgan fingerprint density at radius 2 is 1.90 bits per heavy atom. The Bertz CT molecular complexity index is 1070. The zero-order valence-electron chi connectivity index (χ0n) is 15.9. The van der Waals surface area contributed by atoms with Gasteiger partial charge in [-0.2, -0.15) is 0 Å². The van der Waals surface area contributed by atoms with Crippen molar-refractivity contribution in [3.05, 3.63) is 54.1 Å². The Morgan fingerprint density at radius 1 is 1.17 bits per heavy atom. The van der Waals surface area contributed by atoms with E-state index in [-0.39, 0.29) is 5.95 Å². The molecule has 3 N–H and O–H groups in total. The highest BCUT2D eigenvalue weighted by atomic mass is 16.5. The lowest BCUT2D eigenvalue weighted by atomic mass is 9.92. The lowest BCUT2D eigenvalue weighted by molar-refractivity contribution is -0.133. The number of imide groups is 1. The van der Waals surface area contributed by atoms with Gasteiger partial charge in [0.1, 0.15) is 17.8 Å². The third kappa shape index (κ3) is 3.27. The maximum absolute atomic E-state index is 12.9. The first kappa shape index (κ1) is 18.5. The molecule has 1 unspecified atom stereocenters. The summed E-state index contributed by atoms with van der Waals surface area (Å²) in [4.78, 5) is 45.8. The number of amides is 4. The number of anilines is 1. The number of urea groups is 1. The summed E-state index contributed by atoms with van der Waals surface area (Å²) in [6, 6.07) is 13.5. The van der Waals surface area contributed by atoms with E-state index >= 15 is 0 Å². The first-order valence-electron chi connectivity index (χ1n) is 8.94. The van der Waals surface area contributed by atoms with Gasteiger partial charge in [0.2, 0.25) is 11.9 Å². The first-order chi connectivity index (χ1) is 13.9. The average Bonchev–Trinajstić information content (AvgIpc) is 3.22. The van der Waals surface area contributed by atoms with Crippen LogP contribution in [0.25, 0.3) is 11.0 Å². The number of para-hydroxylation sites is 2. The van der Waals surface area contributed by atoms with Gasteiger partial charge in [-0.15, -0.1) is 0 Å². The Kier molecular flexibility index (Phi) is 4.42. The van der Waals surface area contributed by atoms with Crippen LogP contribution in [0.3, 0.4) is 0 Å². The van der Waals surface area contributed by atoms with Gasteiger partial charge in [0.05, 0.1) is 18.1 Å². The number of hydrogen-bond acceptors (Lipinski definition) is 5. The summed E-state index contributed by atoms with van der Waals surface area (Å²) < 4.78 is 5.12.